The molecule has 2 N–H and O–H groups in total. The van der Waals surface area contributed by atoms with E-state index in [1.165, 1.54) is 32.1 Å². The minimum absolute atomic E-state index is 0.0878. The fraction of sp³-hybridized carbons (Fsp3) is 0.600. The van der Waals surface area contributed by atoms with Gasteiger partial charge >= 0.3 is 5.97 Å². The number of hydrogen-bond acceptors (Lipinski definition) is 3. The summed E-state index contributed by atoms with van der Waals surface area (Å²) in [4.78, 5) is 15.2. The van der Waals surface area contributed by atoms with Gasteiger partial charge in [-0.2, -0.15) is 0 Å². The number of nitrogens with zero attached hydrogens (tertiary/aromatic N) is 1. The second kappa shape index (κ2) is 6.93. The van der Waals surface area contributed by atoms with Crippen LogP contribution in [0, 0.1) is 5.92 Å². The first-order valence-corrected chi connectivity index (χ1v) is 7.66. The molecule has 0 bridgehead atoms. The largest absolute Gasteiger partial charge is 0.476 e. The van der Waals surface area contributed by atoms with Crippen LogP contribution in [0.15, 0.2) is 12.1 Å². The maximum absolute atomic E-state index is 11.1. The molecule has 1 aliphatic carbocycles. The second-order valence-electron chi connectivity index (χ2n) is 5.39. The molecule has 1 heterocycles. The van der Waals surface area contributed by atoms with Gasteiger partial charge in [0.05, 0.1) is 5.02 Å². The van der Waals surface area contributed by atoms with Crippen molar-refractivity contribution < 1.29 is 9.90 Å². The molecular weight excluding hydrogens is 276 g/mol. The Morgan fingerprint density at radius 1 is 1.45 bits per heavy atom. The van der Waals surface area contributed by atoms with Gasteiger partial charge in [0.2, 0.25) is 0 Å². The number of nitrogens with one attached hydrogen (secondary N) is 1. The van der Waals surface area contributed by atoms with Gasteiger partial charge in [0.15, 0.2) is 5.69 Å². The zero-order valence-corrected chi connectivity index (χ0v) is 12.5. The molecule has 1 aromatic rings. The summed E-state index contributed by atoms with van der Waals surface area (Å²) in [5.41, 5.74) is -0.0878. The summed E-state index contributed by atoms with van der Waals surface area (Å²) in [7, 11) is 0. The van der Waals surface area contributed by atoms with Gasteiger partial charge in [-0.25, -0.2) is 9.78 Å². The minimum Gasteiger partial charge on any atom is -0.476 e. The molecule has 0 radical (unpaired) electrons. The van der Waals surface area contributed by atoms with E-state index in [-0.39, 0.29) is 10.7 Å². The summed E-state index contributed by atoms with van der Waals surface area (Å²) in [6.45, 7) is 2.15. The molecule has 0 amide bonds. The third-order valence-electron chi connectivity index (χ3n) is 4.04. The number of anilines is 1. The maximum atomic E-state index is 11.1. The first-order valence-electron chi connectivity index (χ1n) is 7.28. The summed E-state index contributed by atoms with van der Waals surface area (Å²) in [5, 5.41) is 12.6. The number of rotatable bonds is 5. The van der Waals surface area contributed by atoms with Crippen LogP contribution in [0.2, 0.25) is 5.02 Å². The normalized spacial score (nSPS) is 17.7. The molecule has 1 aliphatic rings. The molecule has 1 aromatic heterocycles. The van der Waals surface area contributed by atoms with Crippen molar-refractivity contribution in [2.45, 2.75) is 51.5 Å². The molecule has 1 unspecified atom stereocenters. The van der Waals surface area contributed by atoms with Crippen molar-refractivity contribution in [3.63, 3.8) is 0 Å². The standard InChI is InChI=1S/C15H21ClN2O2/c1-2-12(10-6-4-3-5-7-10)17-13-9-8-11(16)14(18-13)15(19)20/h8-10,12H,2-7H2,1H3,(H,17,18)(H,19,20). The van der Waals surface area contributed by atoms with Gasteiger partial charge in [-0.15, -0.1) is 0 Å². The van der Waals surface area contributed by atoms with Gasteiger partial charge in [0, 0.05) is 6.04 Å². The fourth-order valence-corrected chi connectivity index (χ4v) is 3.14. The van der Waals surface area contributed by atoms with E-state index in [0.717, 1.165) is 6.42 Å². The highest BCUT2D eigenvalue weighted by Gasteiger charge is 2.23. The van der Waals surface area contributed by atoms with Crippen LogP contribution in [-0.2, 0) is 0 Å². The van der Waals surface area contributed by atoms with E-state index in [0.29, 0.717) is 17.8 Å². The third-order valence-corrected chi connectivity index (χ3v) is 4.35. The Morgan fingerprint density at radius 3 is 2.75 bits per heavy atom. The second-order valence-corrected chi connectivity index (χ2v) is 5.80. The van der Waals surface area contributed by atoms with E-state index in [2.05, 4.69) is 17.2 Å². The molecule has 0 spiro atoms. The summed E-state index contributed by atoms with van der Waals surface area (Å²) in [6.07, 6.45) is 7.40. The van der Waals surface area contributed by atoms with Gasteiger partial charge in [-0.05, 0) is 37.3 Å². The Labute approximate surface area is 124 Å². The SMILES string of the molecule is CCC(Nc1ccc(Cl)c(C(=O)O)n1)C1CCCCC1. The Bertz CT molecular complexity index is 473. The van der Waals surface area contributed by atoms with Gasteiger partial charge < -0.3 is 10.4 Å². The molecule has 2 rings (SSSR count). The average Bonchev–Trinajstić information content (AvgIpc) is 2.47. The van der Waals surface area contributed by atoms with Crippen molar-refractivity contribution in [2.24, 2.45) is 5.92 Å². The predicted octanol–water partition coefficient (Wildman–Crippen LogP) is 4.20. The lowest BCUT2D eigenvalue weighted by Crippen LogP contribution is -2.30. The van der Waals surface area contributed by atoms with Crippen LogP contribution >= 0.6 is 11.6 Å². The zero-order valence-electron chi connectivity index (χ0n) is 11.7. The van der Waals surface area contributed by atoms with Gasteiger partial charge in [-0.3, -0.25) is 0 Å². The Morgan fingerprint density at radius 2 is 2.15 bits per heavy atom. The van der Waals surface area contributed by atoms with Crippen LogP contribution in [-0.4, -0.2) is 22.1 Å². The smallest absolute Gasteiger partial charge is 0.356 e. The Hall–Kier alpha value is -1.29. The average molecular weight is 297 g/mol. The van der Waals surface area contributed by atoms with Crippen LogP contribution in [0.5, 0.6) is 0 Å². The van der Waals surface area contributed by atoms with E-state index >= 15 is 0 Å². The monoisotopic (exact) mass is 296 g/mol. The molecule has 0 saturated heterocycles. The van der Waals surface area contributed by atoms with E-state index < -0.39 is 5.97 Å². The summed E-state index contributed by atoms with van der Waals surface area (Å²) in [6, 6.07) is 3.69. The van der Waals surface area contributed by atoms with Gasteiger partial charge in [-0.1, -0.05) is 37.8 Å². The lowest BCUT2D eigenvalue weighted by Gasteiger charge is -2.30. The van der Waals surface area contributed by atoms with Crippen LogP contribution < -0.4 is 5.32 Å². The number of carboxylic acid groups (broad SMARTS) is 1. The Balaban J connectivity index is 2.10. The maximum Gasteiger partial charge on any atom is 0.356 e. The molecule has 110 valence electrons. The molecule has 1 fully saturated rings. The van der Waals surface area contributed by atoms with Crippen LogP contribution in [0.4, 0.5) is 5.82 Å². The number of aromatic nitrogens is 1. The molecule has 0 aromatic carbocycles. The van der Waals surface area contributed by atoms with Gasteiger partial charge in [0.25, 0.3) is 0 Å². The summed E-state index contributed by atoms with van der Waals surface area (Å²) < 4.78 is 0. The highest BCUT2D eigenvalue weighted by atomic mass is 35.5. The molecule has 1 saturated carbocycles. The van der Waals surface area contributed by atoms with Crippen molar-refractivity contribution in [2.75, 3.05) is 5.32 Å². The number of pyridine rings is 1. The van der Waals surface area contributed by atoms with Crippen LogP contribution in [0.25, 0.3) is 0 Å². The number of hydrogen-bond donors (Lipinski definition) is 2. The number of halogens is 1. The van der Waals surface area contributed by atoms with Crippen LogP contribution in [0.3, 0.4) is 0 Å². The van der Waals surface area contributed by atoms with E-state index in [1.54, 1.807) is 12.1 Å². The number of carbonyl (C=O) groups is 1. The number of aromatic carboxylic acids is 1. The van der Waals surface area contributed by atoms with Crippen LogP contribution in [0.1, 0.15) is 55.9 Å². The predicted molar refractivity (Wildman–Crippen MR) is 80.5 cm³/mol. The number of carboxylic acids is 1. The summed E-state index contributed by atoms with van der Waals surface area (Å²) in [5.74, 6) is 0.160. The highest BCUT2D eigenvalue weighted by molar-refractivity contribution is 6.33. The van der Waals surface area contributed by atoms with Gasteiger partial charge in [0.1, 0.15) is 5.82 Å². The molecular formula is C15H21ClN2O2. The highest BCUT2D eigenvalue weighted by Crippen LogP contribution is 2.29. The molecule has 1 atom stereocenters. The van der Waals surface area contributed by atoms with Crippen molar-refractivity contribution in [3.8, 4) is 0 Å². The summed E-state index contributed by atoms with van der Waals surface area (Å²) >= 11 is 5.84. The lowest BCUT2D eigenvalue weighted by molar-refractivity contribution is 0.0691. The first kappa shape index (κ1) is 15.1. The topological polar surface area (TPSA) is 62.2 Å². The fourth-order valence-electron chi connectivity index (χ4n) is 2.95. The van der Waals surface area contributed by atoms with Crippen molar-refractivity contribution in [1.82, 2.24) is 4.98 Å². The van der Waals surface area contributed by atoms with Crippen molar-refractivity contribution >= 4 is 23.4 Å². The minimum atomic E-state index is -1.09. The van der Waals surface area contributed by atoms with E-state index in [9.17, 15) is 4.79 Å². The Kier molecular flexibility index (Phi) is 5.24. The molecule has 20 heavy (non-hydrogen) atoms. The molecule has 0 aliphatic heterocycles. The van der Waals surface area contributed by atoms with Crippen molar-refractivity contribution in [1.29, 1.82) is 0 Å². The van der Waals surface area contributed by atoms with Crippen molar-refractivity contribution in [3.05, 3.63) is 22.8 Å². The quantitative estimate of drug-likeness (QED) is 0.854. The van der Waals surface area contributed by atoms with E-state index in [4.69, 9.17) is 16.7 Å². The zero-order chi connectivity index (χ0) is 14.5. The van der Waals surface area contributed by atoms with E-state index in [1.807, 2.05) is 0 Å². The lowest BCUT2D eigenvalue weighted by atomic mass is 9.83. The molecule has 5 heteroatoms. The first-order chi connectivity index (χ1) is 9.61. The molecule has 4 nitrogen and oxygen atoms in total. The third kappa shape index (κ3) is 3.63.